The monoisotopic (exact) mass is 340 g/mol. The Morgan fingerprint density at radius 2 is 1.18 bits per heavy atom. The normalized spacial score (nSPS) is 10.3. The summed E-state index contributed by atoms with van der Waals surface area (Å²) in [6.07, 6.45) is 0. The fourth-order valence-corrected chi connectivity index (χ4v) is 2.17. The smallest absolute Gasteiger partial charge is 0.282 e. The molecule has 0 aliphatic heterocycles. The van der Waals surface area contributed by atoms with E-state index in [1.165, 1.54) is 12.1 Å². The molecule has 0 aliphatic rings. The first-order valence-corrected chi connectivity index (χ1v) is 6.49. The maximum absolute atomic E-state index is 12.4. The Morgan fingerprint density at radius 3 is 1.50 bits per heavy atom. The molecule has 7 nitrogen and oxygen atoms in total. The van der Waals surface area contributed by atoms with Crippen LogP contribution in [-0.4, -0.2) is 15.6 Å². The summed E-state index contributed by atoms with van der Waals surface area (Å²) >= 11 is 11.3. The molecule has 0 atom stereocenters. The molecule has 0 unspecified atom stereocenters. The summed E-state index contributed by atoms with van der Waals surface area (Å²) in [6, 6.07) is 6.92. The van der Waals surface area contributed by atoms with E-state index < -0.39 is 27.0 Å². The first-order valence-electron chi connectivity index (χ1n) is 5.74. The van der Waals surface area contributed by atoms with Crippen molar-refractivity contribution in [3.05, 3.63) is 77.8 Å². The lowest BCUT2D eigenvalue weighted by molar-refractivity contribution is -0.385. The van der Waals surface area contributed by atoms with Crippen LogP contribution in [0.15, 0.2) is 36.4 Å². The van der Waals surface area contributed by atoms with Crippen molar-refractivity contribution < 1.29 is 14.6 Å². The maximum atomic E-state index is 12.4. The number of nitro benzene ring substituents is 2. The van der Waals surface area contributed by atoms with Gasteiger partial charge in [-0.05, 0) is 24.3 Å². The minimum Gasteiger partial charge on any atom is -0.288 e. The van der Waals surface area contributed by atoms with Gasteiger partial charge in [0.05, 0.1) is 9.85 Å². The second-order valence-electron chi connectivity index (χ2n) is 4.17. The predicted octanol–water partition coefficient (Wildman–Crippen LogP) is 4.04. The van der Waals surface area contributed by atoms with Gasteiger partial charge in [0.2, 0.25) is 5.78 Å². The van der Waals surface area contributed by atoms with Crippen molar-refractivity contribution in [3.8, 4) is 0 Å². The number of hydrogen-bond acceptors (Lipinski definition) is 5. The van der Waals surface area contributed by atoms with Crippen LogP contribution in [0.2, 0.25) is 10.0 Å². The Morgan fingerprint density at radius 1 is 0.818 bits per heavy atom. The van der Waals surface area contributed by atoms with Crippen molar-refractivity contribution in [1.29, 1.82) is 0 Å². The molecule has 0 aromatic heterocycles. The van der Waals surface area contributed by atoms with Crippen LogP contribution in [0.5, 0.6) is 0 Å². The molecular weight excluding hydrogens is 335 g/mol. The summed E-state index contributed by atoms with van der Waals surface area (Å²) in [7, 11) is 0. The average molecular weight is 341 g/mol. The van der Waals surface area contributed by atoms with Crippen molar-refractivity contribution >= 4 is 40.4 Å². The average Bonchev–Trinajstić information content (AvgIpc) is 2.46. The quantitative estimate of drug-likeness (QED) is 0.474. The number of nitrogens with zero attached hydrogens (tertiary/aromatic N) is 2. The van der Waals surface area contributed by atoms with E-state index in [2.05, 4.69) is 0 Å². The molecule has 0 saturated carbocycles. The van der Waals surface area contributed by atoms with Gasteiger partial charge in [-0.25, -0.2) is 0 Å². The Labute approximate surface area is 133 Å². The number of benzene rings is 2. The predicted molar refractivity (Wildman–Crippen MR) is 79.6 cm³/mol. The minimum atomic E-state index is -0.855. The molecule has 2 aromatic carbocycles. The number of rotatable bonds is 4. The van der Waals surface area contributed by atoms with E-state index in [1.807, 2.05) is 0 Å². The molecule has 2 rings (SSSR count). The lowest BCUT2D eigenvalue weighted by Gasteiger charge is -2.04. The summed E-state index contributed by atoms with van der Waals surface area (Å²) in [5.74, 6) is -0.855. The Hall–Kier alpha value is -2.51. The molecule has 0 saturated heterocycles. The van der Waals surface area contributed by atoms with Gasteiger partial charge < -0.3 is 0 Å². The van der Waals surface area contributed by atoms with Gasteiger partial charge in [-0.2, -0.15) is 0 Å². The topological polar surface area (TPSA) is 103 Å². The largest absolute Gasteiger partial charge is 0.288 e. The van der Waals surface area contributed by atoms with Crippen molar-refractivity contribution in [2.24, 2.45) is 0 Å². The van der Waals surface area contributed by atoms with Crippen molar-refractivity contribution in [3.63, 3.8) is 0 Å². The summed E-state index contributed by atoms with van der Waals surface area (Å²) in [5, 5.41) is 22.2. The Kier molecular flexibility index (Phi) is 4.39. The van der Waals surface area contributed by atoms with E-state index in [0.717, 1.165) is 24.3 Å². The van der Waals surface area contributed by atoms with Crippen molar-refractivity contribution in [1.82, 2.24) is 0 Å². The third-order valence-corrected chi connectivity index (χ3v) is 3.27. The fourth-order valence-electron chi connectivity index (χ4n) is 1.84. The zero-order chi connectivity index (χ0) is 16.4. The molecule has 0 aliphatic carbocycles. The minimum absolute atomic E-state index is 0.0776. The summed E-state index contributed by atoms with van der Waals surface area (Å²) in [4.78, 5) is 32.9. The maximum Gasteiger partial charge on any atom is 0.282 e. The number of nitro groups is 2. The Bertz CT molecular complexity index is 742. The van der Waals surface area contributed by atoms with Gasteiger partial charge in [0.1, 0.15) is 11.1 Å². The van der Waals surface area contributed by atoms with E-state index >= 15 is 0 Å². The summed E-state index contributed by atoms with van der Waals surface area (Å²) in [6.45, 7) is 0. The van der Waals surface area contributed by atoms with Crippen LogP contribution in [0, 0.1) is 20.2 Å². The molecule has 0 N–H and O–H groups in total. The fraction of sp³-hybridized carbons (Fsp3) is 0. The van der Waals surface area contributed by atoms with Gasteiger partial charge in [-0.15, -0.1) is 0 Å². The van der Waals surface area contributed by atoms with Crippen molar-refractivity contribution in [2.75, 3.05) is 0 Å². The van der Waals surface area contributed by atoms with Crippen LogP contribution in [0.25, 0.3) is 0 Å². The van der Waals surface area contributed by atoms with E-state index in [4.69, 9.17) is 23.2 Å². The molecule has 0 amide bonds. The number of carbonyl (C=O) groups is 1. The van der Waals surface area contributed by atoms with Gasteiger partial charge in [0.25, 0.3) is 11.4 Å². The lowest BCUT2D eigenvalue weighted by Crippen LogP contribution is -2.08. The van der Waals surface area contributed by atoms with Gasteiger partial charge in [0, 0.05) is 22.2 Å². The highest BCUT2D eigenvalue weighted by Crippen LogP contribution is 2.30. The van der Waals surface area contributed by atoms with Crippen LogP contribution in [0.4, 0.5) is 11.4 Å². The molecule has 2 aromatic rings. The molecule has 0 bridgehead atoms. The highest BCUT2D eigenvalue weighted by molar-refractivity contribution is 6.31. The first-order chi connectivity index (χ1) is 10.3. The number of halogens is 2. The number of carbonyl (C=O) groups excluding carboxylic acids is 1. The van der Waals surface area contributed by atoms with Gasteiger partial charge in [-0.1, -0.05) is 23.2 Å². The van der Waals surface area contributed by atoms with Gasteiger partial charge in [-0.3, -0.25) is 25.0 Å². The second-order valence-corrected chi connectivity index (χ2v) is 5.04. The zero-order valence-electron chi connectivity index (χ0n) is 10.7. The van der Waals surface area contributed by atoms with Crippen LogP contribution in [0.1, 0.15) is 15.9 Å². The van der Waals surface area contributed by atoms with Gasteiger partial charge >= 0.3 is 0 Å². The molecular formula is C13H6Cl2N2O5. The van der Waals surface area contributed by atoms with Crippen LogP contribution < -0.4 is 0 Å². The molecule has 9 heteroatoms. The van der Waals surface area contributed by atoms with Gasteiger partial charge in [0.15, 0.2) is 0 Å². The third-order valence-electron chi connectivity index (χ3n) is 2.80. The number of ketones is 1. The third kappa shape index (κ3) is 3.05. The van der Waals surface area contributed by atoms with E-state index in [-0.39, 0.29) is 21.2 Å². The van der Waals surface area contributed by atoms with E-state index in [1.54, 1.807) is 0 Å². The van der Waals surface area contributed by atoms with E-state index in [9.17, 15) is 25.0 Å². The number of hydrogen-bond donors (Lipinski definition) is 0. The second kappa shape index (κ2) is 6.08. The molecule has 0 radical (unpaired) electrons. The first kappa shape index (κ1) is 15.9. The van der Waals surface area contributed by atoms with Crippen LogP contribution in [0.3, 0.4) is 0 Å². The van der Waals surface area contributed by atoms with Crippen LogP contribution >= 0.6 is 23.2 Å². The van der Waals surface area contributed by atoms with E-state index in [0.29, 0.717) is 0 Å². The summed E-state index contributed by atoms with van der Waals surface area (Å²) in [5.41, 5.74) is -1.64. The molecule has 0 spiro atoms. The standard InChI is InChI=1S/C13H6Cl2N2O5/c14-7-1-3-9(11(5-7)16(19)20)13(18)10-4-2-8(15)6-12(10)17(21)22/h1-6H. The molecule has 22 heavy (non-hydrogen) atoms. The Balaban J connectivity index is 2.63. The molecule has 112 valence electrons. The summed E-state index contributed by atoms with van der Waals surface area (Å²) < 4.78 is 0. The zero-order valence-corrected chi connectivity index (χ0v) is 12.2. The highest BCUT2D eigenvalue weighted by Gasteiger charge is 2.27. The molecule has 0 heterocycles. The SMILES string of the molecule is O=C(c1ccc(Cl)cc1[N+](=O)[O-])c1ccc(Cl)cc1[N+](=O)[O-]. The molecule has 0 fully saturated rings. The van der Waals surface area contributed by atoms with Crippen LogP contribution in [-0.2, 0) is 0 Å². The highest BCUT2D eigenvalue weighted by atomic mass is 35.5. The lowest BCUT2D eigenvalue weighted by atomic mass is 10.0. The van der Waals surface area contributed by atoms with Crippen molar-refractivity contribution in [2.45, 2.75) is 0 Å².